The van der Waals surface area contributed by atoms with Crippen molar-refractivity contribution in [2.45, 2.75) is 37.6 Å². The minimum atomic E-state index is -0.172. The van der Waals surface area contributed by atoms with Crippen molar-refractivity contribution in [2.75, 3.05) is 32.8 Å². The van der Waals surface area contributed by atoms with Gasteiger partial charge >= 0.3 is 0 Å². The Balaban J connectivity index is 2.08. The van der Waals surface area contributed by atoms with Crippen LogP contribution in [-0.4, -0.2) is 42.8 Å². The largest absolute Gasteiger partial charge is 0.394 e. The number of hydrogen-bond acceptors (Lipinski definition) is 3. The lowest BCUT2D eigenvalue weighted by atomic mass is 9.65. The summed E-state index contributed by atoms with van der Waals surface area (Å²) in [5, 5.41) is 13.7. The Morgan fingerprint density at radius 3 is 2.40 bits per heavy atom. The Morgan fingerprint density at radius 2 is 1.75 bits per heavy atom. The standard InChI is InChI=1S/C17H26N2O/c1-16(2)7-8-17(13-20,19-11-9-18-10-12-19)15-6-4-3-5-14(15)16/h3-6,18,20H,7-13H2,1-2H3. The van der Waals surface area contributed by atoms with Gasteiger partial charge in [-0.15, -0.1) is 0 Å². The molecular weight excluding hydrogens is 248 g/mol. The van der Waals surface area contributed by atoms with Gasteiger partial charge in [-0.05, 0) is 29.4 Å². The summed E-state index contributed by atoms with van der Waals surface area (Å²) in [5.41, 5.74) is 2.80. The first kappa shape index (κ1) is 14.1. The number of fused-ring (bicyclic) bond motifs is 1. The first-order valence-corrected chi connectivity index (χ1v) is 7.77. The Hall–Kier alpha value is -0.900. The van der Waals surface area contributed by atoms with E-state index in [4.69, 9.17) is 0 Å². The van der Waals surface area contributed by atoms with Gasteiger partial charge in [0.1, 0.15) is 0 Å². The van der Waals surface area contributed by atoms with Crippen LogP contribution >= 0.6 is 0 Å². The Morgan fingerprint density at radius 1 is 1.10 bits per heavy atom. The predicted octanol–water partition coefficient (Wildman–Crippen LogP) is 1.85. The SMILES string of the molecule is CC1(C)CCC(CO)(N2CCNCC2)c2ccccc21. The molecule has 3 nitrogen and oxygen atoms in total. The van der Waals surface area contributed by atoms with E-state index in [1.54, 1.807) is 0 Å². The minimum Gasteiger partial charge on any atom is -0.394 e. The third kappa shape index (κ3) is 2.09. The monoisotopic (exact) mass is 274 g/mol. The van der Waals surface area contributed by atoms with Gasteiger partial charge in [0.25, 0.3) is 0 Å². The van der Waals surface area contributed by atoms with Crippen molar-refractivity contribution in [1.29, 1.82) is 0 Å². The molecule has 1 fully saturated rings. The van der Waals surface area contributed by atoms with E-state index in [0.29, 0.717) is 0 Å². The Kier molecular flexibility index (Phi) is 3.61. The third-order valence-electron chi connectivity index (χ3n) is 5.31. The second-order valence-corrected chi connectivity index (χ2v) is 6.86. The molecule has 1 atom stereocenters. The summed E-state index contributed by atoms with van der Waals surface area (Å²) < 4.78 is 0. The zero-order valence-corrected chi connectivity index (χ0v) is 12.7. The van der Waals surface area contributed by atoms with Crippen molar-refractivity contribution in [3.63, 3.8) is 0 Å². The van der Waals surface area contributed by atoms with Crippen molar-refractivity contribution in [3.05, 3.63) is 35.4 Å². The molecule has 1 aromatic carbocycles. The fourth-order valence-corrected chi connectivity index (χ4v) is 3.95. The van der Waals surface area contributed by atoms with Crippen LogP contribution in [0, 0.1) is 0 Å². The fraction of sp³-hybridized carbons (Fsp3) is 0.647. The summed E-state index contributed by atoms with van der Waals surface area (Å²) in [4.78, 5) is 2.50. The van der Waals surface area contributed by atoms with Crippen LogP contribution in [0.25, 0.3) is 0 Å². The summed E-state index contributed by atoms with van der Waals surface area (Å²) in [5.74, 6) is 0. The average Bonchev–Trinajstić information content (AvgIpc) is 2.49. The van der Waals surface area contributed by atoms with Crippen LogP contribution in [-0.2, 0) is 11.0 Å². The number of nitrogens with one attached hydrogen (secondary N) is 1. The number of aliphatic hydroxyl groups is 1. The number of nitrogens with zero attached hydrogens (tertiary/aromatic N) is 1. The van der Waals surface area contributed by atoms with E-state index in [0.717, 1.165) is 39.0 Å². The number of hydrogen-bond donors (Lipinski definition) is 2. The molecule has 1 saturated heterocycles. The predicted molar refractivity (Wildman–Crippen MR) is 81.9 cm³/mol. The summed E-state index contributed by atoms with van der Waals surface area (Å²) in [6.07, 6.45) is 2.18. The Labute approximate surface area is 122 Å². The number of benzene rings is 1. The van der Waals surface area contributed by atoms with Gasteiger partial charge in [0.2, 0.25) is 0 Å². The first-order valence-electron chi connectivity index (χ1n) is 7.77. The average molecular weight is 274 g/mol. The fourth-order valence-electron chi connectivity index (χ4n) is 3.95. The molecule has 0 aromatic heterocycles. The molecule has 2 N–H and O–H groups in total. The van der Waals surface area contributed by atoms with Crippen molar-refractivity contribution in [1.82, 2.24) is 10.2 Å². The van der Waals surface area contributed by atoms with Crippen LogP contribution in [0.15, 0.2) is 24.3 Å². The highest BCUT2D eigenvalue weighted by Crippen LogP contribution is 2.47. The highest BCUT2D eigenvalue weighted by atomic mass is 16.3. The van der Waals surface area contributed by atoms with Crippen molar-refractivity contribution < 1.29 is 5.11 Å². The van der Waals surface area contributed by atoms with Gasteiger partial charge in [-0.3, -0.25) is 4.90 Å². The van der Waals surface area contributed by atoms with E-state index in [2.05, 4.69) is 48.3 Å². The summed E-state index contributed by atoms with van der Waals surface area (Å²) in [6.45, 7) is 8.96. The molecule has 1 aliphatic heterocycles. The molecule has 1 aromatic rings. The normalized spacial score (nSPS) is 29.9. The molecule has 0 amide bonds. The van der Waals surface area contributed by atoms with E-state index in [1.807, 2.05) is 0 Å². The van der Waals surface area contributed by atoms with Crippen LogP contribution in [0.5, 0.6) is 0 Å². The molecule has 3 heteroatoms. The third-order valence-corrected chi connectivity index (χ3v) is 5.31. The number of piperazine rings is 1. The lowest BCUT2D eigenvalue weighted by Gasteiger charge is -2.51. The molecule has 1 aliphatic carbocycles. The molecule has 20 heavy (non-hydrogen) atoms. The molecule has 1 unspecified atom stereocenters. The van der Waals surface area contributed by atoms with Crippen LogP contribution in [0.1, 0.15) is 37.8 Å². The zero-order chi connectivity index (χ0) is 14.2. The van der Waals surface area contributed by atoms with Gasteiger partial charge in [-0.25, -0.2) is 0 Å². The molecular formula is C17H26N2O. The maximum Gasteiger partial charge on any atom is 0.0698 e. The van der Waals surface area contributed by atoms with Gasteiger partial charge in [-0.1, -0.05) is 38.1 Å². The molecule has 0 radical (unpaired) electrons. The molecule has 1 heterocycles. The smallest absolute Gasteiger partial charge is 0.0698 e. The molecule has 3 rings (SSSR count). The highest BCUT2D eigenvalue weighted by molar-refractivity contribution is 5.41. The van der Waals surface area contributed by atoms with Gasteiger partial charge < -0.3 is 10.4 Å². The van der Waals surface area contributed by atoms with Gasteiger partial charge in [0, 0.05) is 26.2 Å². The van der Waals surface area contributed by atoms with Gasteiger partial charge in [-0.2, -0.15) is 0 Å². The van der Waals surface area contributed by atoms with E-state index in [-0.39, 0.29) is 17.6 Å². The van der Waals surface area contributed by atoms with Crippen LogP contribution in [0.4, 0.5) is 0 Å². The number of rotatable bonds is 2. The molecule has 110 valence electrons. The minimum absolute atomic E-state index is 0.172. The summed E-state index contributed by atoms with van der Waals surface area (Å²) >= 11 is 0. The van der Waals surface area contributed by atoms with Crippen LogP contribution in [0.2, 0.25) is 0 Å². The molecule has 0 spiro atoms. The second-order valence-electron chi connectivity index (χ2n) is 6.86. The lowest BCUT2D eigenvalue weighted by molar-refractivity contribution is -0.00302. The van der Waals surface area contributed by atoms with E-state index < -0.39 is 0 Å². The van der Waals surface area contributed by atoms with Crippen LogP contribution in [0.3, 0.4) is 0 Å². The Bertz CT molecular complexity index is 480. The van der Waals surface area contributed by atoms with Crippen molar-refractivity contribution in [2.24, 2.45) is 0 Å². The topological polar surface area (TPSA) is 35.5 Å². The van der Waals surface area contributed by atoms with E-state index in [1.165, 1.54) is 11.1 Å². The second kappa shape index (κ2) is 5.14. The van der Waals surface area contributed by atoms with E-state index >= 15 is 0 Å². The van der Waals surface area contributed by atoms with Crippen molar-refractivity contribution >= 4 is 0 Å². The zero-order valence-electron chi connectivity index (χ0n) is 12.7. The molecule has 2 aliphatic rings. The first-order chi connectivity index (χ1) is 9.60. The van der Waals surface area contributed by atoms with Crippen LogP contribution < -0.4 is 5.32 Å². The highest BCUT2D eigenvalue weighted by Gasteiger charge is 2.46. The maximum atomic E-state index is 10.2. The molecule has 0 bridgehead atoms. The lowest BCUT2D eigenvalue weighted by Crippen LogP contribution is -2.58. The number of aliphatic hydroxyl groups excluding tert-OH is 1. The molecule has 0 saturated carbocycles. The maximum absolute atomic E-state index is 10.2. The summed E-state index contributed by atoms with van der Waals surface area (Å²) in [7, 11) is 0. The van der Waals surface area contributed by atoms with E-state index in [9.17, 15) is 5.11 Å². The quantitative estimate of drug-likeness (QED) is 0.864. The van der Waals surface area contributed by atoms with Gasteiger partial charge in [0.05, 0.1) is 12.1 Å². The van der Waals surface area contributed by atoms with Gasteiger partial charge in [0.15, 0.2) is 0 Å². The van der Waals surface area contributed by atoms with Crippen molar-refractivity contribution in [3.8, 4) is 0 Å². The summed E-state index contributed by atoms with van der Waals surface area (Å²) in [6, 6.07) is 8.73.